The lowest BCUT2D eigenvalue weighted by Gasteiger charge is -2.14. The Balaban J connectivity index is 2.14. The third kappa shape index (κ3) is 3.40. The Morgan fingerprint density at radius 3 is 2.63 bits per heavy atom. The van der Waals surface area contributed by atoms with E-state index in [0.29, 0.717) is 0 Å². The Morgan fingerprint density at radius 2 is 1.84 bits per heavy atom. The summed E-state index contributed by atoms with van der Waals surface area (Å²) in [5, 5.41) is 6.02. The fourth-order valence-electron chi connectivity index (χ4n) is 2.37. The fourth-order valence-corrected chi connectivity index (χ4v) is 2.37. The molecule has 2 rings (SSSR count). The van der Waals surface area contributed by atoms with E-state index in [1.165, 1.54) is 36.5 Å². The van der Waals surface area contributed by atoms with Gasteiger partial charge in [0.2, 0.25) is 0 Å². The molecule has 2 heteroatoms. The highest BCUT2D eigenvalue weighted by Crippen LogP contribution is 2.33. The van der Waals surface area contributed by atoms with E-state index in [4.69, 9.17) is 4.74 Å². The second-order valence-corrected chi connectivity index (χ2v) is 4.85. The largest absolute Gasteiger partial charge is 0.495 e. The summed E-state index contributed by atoms with van der Waals surface area (Å²) in [4.78, 5) is 0. The first-order chi connectivity index (χ1) is 9.36. The van der Waals surface area contributed by atoms with Crippen molar-refractivity contribution in [1.29, 1.82) is 0 Å². The topological polar surface area (TPSA) is 21.3 Å². The van der Waals surface area contributed by atoms with Gasteiger partial charge in [0.25, 0.3) is 0 Å². The van der Waals surface area contributed by atoms with E-state index in [1.54, 1.807) is 7.11 Å². The van der Waals surface area contributed by atoms with Gasteiger partial charge in [-0.25, -0.2) is 0 Å². The normalized spacial score (nSPS) is 10.6. The SMILES string of the molecule is CCCCCCNc1c(OC)ccc2ccccc12. The van der Waals surface area contributed by atoms with E-state index in [9.17, 15) is 0 Å². The monoisotopic (exact) mass is 257 g/mol. The Labute approximate surface area is 115 Å². The lowest BCUT2D eigenvalue weighted by Crippen LogP contribution is -2.03. The number of nitrogens with one attached hydrogen (secondary N) is 1. The highest BCUT2D eigenvalue weighted by molar-refractivity contribution is 5.96. The predicted octanol–water partition coefficient (Wildman–Crippen LogP) is 4.84. The summed E-state index contributed by atoms with van der Waals surface area (Å²) >= 11 is 0. The molecule has 0 aliphatic rings. The first-order valence-corrected chi connectivity index (χ1v) is 7.16. The Morgan fingerprint density at radius 1 is 1.00 bits per heavy atom. The molecule has 0 saturated heterocycles. The van der Waals surface area contributed by atoms with Crippen molar-refractivity contribution in [2.75, 3.05) is 19.0 Å². The van der Waals surface area contributed by atoms with Gasteiger partial charge in [-0.15, -0.1) is 0 Å². The molecule has 2 aromatic carbocycles. The van der Waals surface area contributed by atoms with Crippen LogP contribution in [-0.2, 0) is 0 Å². The van der Waals surface area contributed by atoms with Gasteiger partial charge in [0, 0.05) is 11.9 Å². The molecule has 0 unspecified atom stereocenters. The van der Waals surface area contributed by atoms with Crippen LogP contribution in [0.4, 0.5) is 5.69 Å². The molecule has 0 atom stereocenters. The number of methoxy groups -OCH3 is 1. The molecular weight excluding hydrogens is 234 g/mol. The first kappa shape index (κ1) is 13.7. The smallest absolute Gasteiger partial charge is 0.142 e. The summed E-state index contributed by atoms with van der Waals surface area (Å²) < 4.78 is 5.47. The molecule has 0 spiro atoms. The van der Waals surface area contributed by atoms with Crippen molar-refractivity contribution in [2.24, 2.45) is 0 Å². The quantitative estimate of drug-likeness (QED) is 0.716. The summed E-state index contributed by atoms with van der Waals surface area (Å²) in [6.07, 6.45) is 5.09. The van der Waals surface area contributed by atoms with Crippen LogP contribution in [0.3, 0.4) is 0 Å². The molecule has 0 aliphatic heterocycles. The van der Waals surface area contributed by atoms with E-state index in [2.05, 4.69) is 42.6 Å². The van der Waals surface area contributed by atoms with Crippen LogP contribution >= 0.6 is 0 Å². The highest BCUT2D eigenvalue weighted by atomic mass is 16.5. The Hall–Kier alpha value is -1.70. The van der Waals surface area contributed by atoms with Gasteiger partial charge in [-0.2, -0.15) is 0 Å². The Kier molecular flexibility index (Phi) is 5.08. The molecule has 19 heavy (non-hydrogen) atoms. The van der Waals surface area contributed by atoms with Crippen LogP contribution < -0.4 is 10.1 Å². The van der Waals surface area contributed by atoms with E-state index in [0.717, 1.165) is 18.0 Å². The molecule has 0 amide bonds. The van der Waals surface area contributed by atoms with Crippen molar-refractivity contribution in [1.82, 2.24) is 0 Å². The highest BCUT2D eigenvalue weighted by Gasteiger charge is 2.06. The second kappa shape index (κ2) is 7.03. The lowest BCUT2D eigenvalue weighted by molar-refractivity contribution is 0.417. The average Bonchev–Trinajstić information content (AvgIpc) is 2.47. The van der Waals surface area contributed by atoms with Crippen LogP contribution in [0, 0.1) is 0 Å². The van der Waals surface area contributed by atoms with Crippen molar-refractivity contribution in [3.63, 3.8) is 0 Å². The van der Waals surface area contributed by atoms with Crippen LogP contribution in [0.25, 0.3) is 10.8 Å². The number of hydrogen-bond acceptors (Lipinski definition) is 2. The number of rotatable bonds is 7. The second-order valence-electron chi connectivity index (χ2n) is 4.85. The molecule has 0 heterocycles. The molecule has 0 saturated carbocycles. The van der Waals surface area contributed by atoms with Crippen LogP contribution in [0.15, 0.2) is 36.4 Å². The number of ether oxygens (including phenoxy) is 1. The predicted molar refractivity (Wildman–Crippen MR) is 83.1 cm³/mol. The minimum absolute atomic E-state index is 0.925. The van der Waals surface area contributed by atoms with Crippen molar-refractivity contribution in [2.45, 2.75) is 32.6 Å². The van der Waals surface area contributed by atoms with Gasteiger partial charge in [-0.05, 0) is 17.9 Å². The summed E-state index contributed by atoms with van der Waals surface area (Å²) in [5.74, 6) is 0.925. The van der Waals surface area contributed by atoms with Crippen molar-refractivity contribution in [3.05, 3.63) is 36.4 Å². The zero-order valence-electron chi connectivity index (χ0n) is 11.9. The van der Waals surface area contributed by atoms with Crippen LogP contribution in [0.1, 0.15) is 32.6 Å². The van der Waals surface area contributed by atoms with Crippen molar-refractivity contribution >= 4 is 16.5 Å². The maximum atomic E-state index is 5.47. The van der Waals surface area contributed by atoms with Gasteiger partial charge in [-0.1, -0.05) is 56.5 Å². The van der Waals surface area contributed by atoms with E-state index in [1.807, 2.05) is 6.07 Å². The number of fused-ring (bicyclic) bond motifs is 1. The molecule has 0 bridgehead atoms. The van der Waals surface area contributed by atoms with Crippen molar-refractivity contribution < 1.29 is 4.74 Å². The zero-order chi connectivity index (χ0) is 13.5. The summed E-state index contributed by atoms with van der Waals surface area (Å²) in [5.41, 5.74) is 1.12. The molecule has 2 nitrogen and oxygen atoms in total. The third-order valence-corrected chi connectivity index (χ3v) is 3.44. The lowest BCUT2D eigenvalue weighted by atomic mass is 10.1. The van der Waals surface area contributed by atoms with Gasteiger partial charge < -0.3 is 10.1 Å². The maximum absolute atomic E-state index is 5.47. The zero-order valence-corrected chi connectivity index (χ0v) is 11.9. The molecule has 2 aromatic rings. The summed E-state index contributed by atoms with van der Waals surface area (Å²) in [7, 11) is 1.73. The first-order valence-electron chi connectivity index (χ1n) is 7.16. The van der Waals surface area contributed by atoms with Crippen LogP contribution in [-0.4, -0.2) is 13.7 Å². The number of anilines is 1. The van der Waals surface area contributed by atoms with E-state index < -0.39 is 0 Å². The van der Waals surface area contributed by atoms with Crippen molar-refractivity contribution in [3.8, 4) is 5.75 Å². The molecule has 0 fully saturated rings. The molecule has 1 N–H and O–H groups in total. The summed E-state index contributed by atoms with van der Waals surface area (Å²) in [6.45, 7) is 3.24. The van der Waals surface area contributed by atoms with Gasteiger partial charge in [0.15, 0.2) is 0 Å². The fraction of sp³-hybridized carbons (Fsp3) is 0.412. The van der Waals surface area contributed by atoms with Gasteiger partial charge >= 0.3 is 0 Å². The maximum Gasteiger partial charge on any atom is 0.142 e. The van der Waals surface area contributed by atoms with E-state index >= 15 is 0 Å². The molecular formula is C17H23NO. The standard InChI is InChI=1S/C17H23NO/c1-3-4-5-8-13-18-17-15-10-7-6-9-14(15)11-12-16(17)19-2/h6-7,9-12,18H,3-5,8,13H2,1-2H3. The number of benzene rings is 2. The van der Waals surface area contributed by atoms with Crippen LogP contribution in [0.5, 0.6) is 5.75 Å². The average molecular weight is 257 g/mol. The van der Waals surface area contributed by atoms with Gasteiger partial charge in [-0.3, -0.25) is 0 Å². The van der Waals surface area contributed by atoms with Gasteiger partial charge in [0.05, 0.1) is 12.8 Å². The Bertz CT molecular complexity index is 522. The molecule has 0 aromatic heterocycles. The third-order valence-electron chi connectivity index (χ3n) is 3.44. The van der Waals surface area contributed by atoms with E-state index in [-0.39, 0.29) is 0 Å². The minimum atomic E-state index is 0.925. The number of unbranched alkanes of at least 4 members (excludes halogenated alkanes) is 3. The minimum Gasteiger partial charge on any atom is -0.495 e. The van der Waals surface area contributed by atoms with Gasteiger partial charge in [0.1, 0.15) is 5.75 Å². The molecule has 0 radical (unpaired) electrons. The molecule has 0 aliphatic carbocycles. The number of hydrogen-bond donors (Lipinski definition) is 1. The molecule has 102 valence electrons. The van der Waals surface area contributed by atoms with Crippen LogP contribution in [0.2, 0.25) is 0 Å². The summed E-state index contributed by atoms with van der Waals surface area (Å²) in [6, 6.07) is 12.6.